The van der Waals surface area contributed by atoms with E-state index in [-0.39, 0.29) is 0 Å². The van der Waals surface area contributed by atoms with Crippen LogP contribution >= 0.6 is 50.5 Å². The van der Waals surface area contributed by atoms with Gasteiger partial charge < -0.3 is 5.11 Å². The van der Waals surface area contributed by atoms with Crippen molar-refractivity contribution in [1.29, 1.82) is 0 Å². The molecular weight excluding hydrogens is 355 g/mol. The summed E-state index contributed by atoms with van der Waals surface area (Å²) in [5, 5.41) is 13.3. The van der Waals surface area contributed by atoms with E-state index < -0.39 is 6.10 Å². The Morgan fingerprint density at radius 1 is 1.22 bits per heavy atom. The van der Waals surface area contributed by atoms with E-state index in [2.05, 4.69) is 15.9 Å². The minimum Gasteiger partial charge on any atom is -0.392 e. The zero-order valence-corrected chi connectivity index (χ0v) is 13.3. The Hall–Kier alpha value is -0.0600. The quantitative estimate of drug-likeness (QED) is 0.811. The van der Waals surface area contributed by atoms with Crippen LogP contribution in [0.2, 0.25) is 10.0 Å². The Balaban J connectivity index is 2.05. The summed E-state index contributed by atoms with van der Waals surface area (Å²) in [4.78, 5) is 1.14. The highest BCUT2D eigenvalue weighted by molar-refractivity contribution is 9.10. The van der Waals surface area contributed by atoms with E-state index in [9.17, 15) is 5.11 Å². The number of benzene rings is 1. The zero-order chi connectivity index (χ0) is 13.1. The molecule has 0 aliphatic rings. The number of halogens is 3. The van der Waals surface area contributed by atoms with E-state index in [1.54, 1.807) is 29.5 Å². The van der Waals surface area contributed by atoms with Crippen molar-refractivity contribution in [2.45, 2.75) is 18.9 Å². The number of thiophene rings is 1. The molecule has 0 saturated carbocycles. The van der Waals surface area contributed by atoms with Gasteiger partial charge in [-0.05, 0) is 39.7 Å². The first-order valence-electron chi connectivity index (χ1n) is 5.40. The van der Waals surface area contributed by atoms with Gasteiger partial charge in [0.2, 0.25) is 0 Å². The van der Waals surface area contributed by atoms with Crippen LogP contribution in [0.3, 0.4) is 0 Å². The van der Waals surface area contributed by atoms with Crippen LogP contribution < -0.4 is 0 Å². The van der Waals surface area contributed by atoms with Gasteiger partial charge in [0.05, 0.1) is 6.10 Å². The average Bonchev–Trinajstić information content (AvgIpc) is 2.69. The lowest BCUT2D eigenvalue weighted by atomic mass is 10.0. The molecule has 0 amide bonds. The molecular formula is C13H11BrCl2OS. The molecule has 18 heavy (non-hydrogen) atoms. The Labute approximate surface area is 128 Å². The van der Waals surface area contributed by atoms with Gasteiger partial charge in [-0.1, -0.05) is 29.3 Å². The maximum Gasteiger partial charge on any atom is 0.0629 e. The predicted molar refractivity (Wildman–Crippen MR) is 81.9 cm³/mol. The highest BCUT2D eigenvalue weighted by Crippen LogP contribution is 2.27. The van der Waals surface area contributed by atoms with E-state index >= 15 is 0 Å². The van der Waals surface area contributed by atoms with Crippen LogP contribution in [0.25, 0.3) is 0 Å². The molecule has 1 aromatic heterocycles. The fraction of sp³-hybridized carbons (Fsp3) is 0.231. The first-order chi connectivity index (χ1) is 8.56. The van der Waals surface area contributed by atoms with Crippen molar-refractivity contribution >= 4 is 50.5 Å². The van der Waals surface area contributed by atoms with Gasteiger partial charge in [-0.15, -0.1) is 11.3 Å². The van der Waals surface area contributed by atoms with Gasteiger partial charge in [-0.25, -0.2) is 0 Å². The second kappa shape index (κ2) is 6.40. The molecule has 1 N–H and O–H groups in total. The molecule has 0 bridgehead atoms. The van der Waals surface area contributed by atoms with Crippen molar-refractivity contribution in [3.63, 3.8) is 0 Å². The largest absolute Gasteiger partial charge is 0.392 e. The van der Waals surface area contributed by atoms with Crippen molar-refractivity contribution in [2.24, 2.45) is 0 Å². The monoisotopic (exact) mass is 364 g/mol. The molecule has 0 saturated heterocycles. The van der Waals surface area contributed by atoms with Crippen molar-refractivity contribution < 1.29 is 5.11 Å². The third-order valence-corrected chi connectivity index (χ3v) is 4.99. The van der Waals surface area contributed by atoms with Gasteiger partial charge in [0.25, 0.3) is 0 Å². The van der Waals surface area contributed by atoms with Crippen molar-refractivity contribution in [3.8, 4) is 0 Å². The van der Waals surface area contributed by atoms with Gasteiger partial charge in [-0.3, -0.25) is 0 Å². The minimum absolute atomic E-state index is 0.466. The van der Waals surface area contributed by atoms with E-state index in [1.165, 1.54) is 0 Å². The zero-order valence-electron chi connectivity index (χ0n) is 9.37. The molecule has 5 heteroatoms. The van der Waals surface area contributed by atoms with Crippen LogP contribution in [0.5, 0.6) is 0 Å². The SMILES string of the molecule is OC(Cc1cc(Br)cs1)Cc1c(Cl)cccc1Cl. The predicted octanol–water partition coefficient (Wildman–Crippen LogP) is 4.96. The number of hydrogen-bond donors (Lipinski definition) is 1. The highest BCUT2D eigenvalue weighted by atomic mass is 79.9. The summed E-state index contributed by atoms with van der Waals surface area (Å²) in [6.45, 7) is 0. The van der Waals surface area contributed by atoms with Crippen LogP contribution in [-0.4, -0.2) is 11.2 Å². The molecule has 0 spiro atoms. The molecule has 0 aliphatic carbocycles. The lowest BCUT2D eigenvalue weighted by Gasteiger charge is -2.12. The number of hydrogen-bond acceptors (Lipinski definition) is 2. The second-order valence-corrected chi connectivity index (χ2v) is 6.72. The average molecular weight is 366 g/mol. The van der Waals surface area contributed by atoms with Gasteiger partial charge in [0.1, 0.15) is 0 Å². The minimum atomic E-state index is -0.479. The normalized spacial score (nSPS) is 12.7. The number of aliphatic hydroxyl groups is 1. The third-order valence-electron chi connectivity index (χ3n) is 2.56. The summed E-state index contributed by atoms with van der Waals surface area (Å²) in [7, 11) is 0. The van der Waals surface area contributed by atoms with Crippen molar-refractivity contribution in [2.75, 3.05) is 0 Å². The van der Waals surface area contributed by atoms with Gasteiger partial charge >= 0.3 is 0 Å². The van der Waals surface area contributed by atoms with Crippen LogP contribution in [0.1, 0.15) is 10.4 Å². The fourth-order valence-electron chi connectivity index (χ4n) is 1.73. The van der Waals surface area contributed by atoms with Gasteiger partial charge in [0, 0.05) is 37.6 Å². The molecule has 0 radical (unpaired) electrons. The Morgan fingerprint density at radius 3 is 2.44 bits per heavy atom. The van der Waals surface area contributed by atoms with Crippen LogP contribution in [-0.2, 0) is 12.8 Å². The topological polar surface area (TPSA) is 20.2 Å². The van der Waals surface area contributed by atoms with Crippen LogP contribution in [0, 0.1) is 0 Å². The van der Waals surface area contributed by atoms with Gasteiger partial charge in [-0.2, -0.15) is 0 Å². The summed E-state index contributed by atoms with van der Waals surface area (Å²) in [6, 6.07) is 7.40. The van der Waals surface area contributed by atoms with E-state index in [4.69, 9.17) is 23.2 Å². The summed E-state index contributed by atoms with van der Waals surface area (Å²) >= 11 is 17.2. The van der Waals surface area contributed by atoms with Crippen molar-refractivity contribution in [3.05, 3.63) is 54.6 Å². The molecule has 1 aromatic carbocycles. The lowest BCUT2D eigenvalue weighted by Crippen LogP contribution is -2.13. The maximum absolute atomic E-state index is 10.1. The number of rotatable bonds is 4. The molecule has 1 atom stereocenters. The van der Waals surface area contributed by atoms with E-state index in [0.717, 1.165) is 14.9 Å². The third kappa shape index (κ3) is 3.72. The standard InChI is InChI=1S/C13H11BrCl2OS/c14-8-4-10(18-7-8)5-9(17)6-11-12(15)2-1-3-13(11)16/h1-4,7,9,17H,5-6H2. The van der Waals surface area contributed by atoms with Gasteiger partial charge in [0.15, 0.2) is 0 Å². The second-order valence-electron chi connectivity index (χ2n) is 3.99. The summed E-state index contributed by atoms with van der Waals surface area (Å²) in [5.74, 6) is 0. The smallest absolute Gasteiger partial charge is 0.0629 e. The first kappa shape index (κ1) is 14.4. The van der Waals surface area contributed by atoms with E-state index in [0.29, 0.717) is 22.9 Å². The molecule has 96 valence electrons. The molecule has 2 aromatic rings. The molecule has 0 aliphatic heterocycles. The van der Waals surface area contributed by atoms with E-state index in [1.807, 2.05) is 11.4 Å². The summed E-state index contributed by atoms with van der Waals surface area (Å²) < 4.78 is 1.05. The van der Waals surface area contributed by atoms with Crippen molar-refractivity contribution in [1.82, 2.24) is 0 Å². The molecule has 0 fully saturated rings. The molecule has 2 rings (SSSR count). The molecule has 1 nitrogen and oxygen atoms in total. The molecule has 1 unspecified atom stereocenters. The van der Waals surface area contributed by atoms with Crippen LogP contribution in [0.4, 0.5) is 0 Å². The first-order valence-corrected chi connectivity index (χ1v) is 7.83. The summed E-state index contributed by atoms with van der Waals surface area (Å²) in [6.07, 6.45) is 0.596. The fourth-order valence-corrected chi connectivity index (χ4v) is 3.80. The highest BCUT2D eigenvalue weighted by Gasteiger charge is 2.13. The Kier molecular flexibility index (Phi) is 5.10. The number of aliphatic hydroxyl groups excluding tert-OH is 1. The molecule has 1 heterocycles. The Morgan fingerprint density at radius 2 is 1.89 bits per heavy atom. The lowest BCUT2D eigenvalue weighted by molar-refractivity contribution is 0.176. The maximum atomic E-state index is 10.1. The Bertz CT molecular complexity index is 521. The van der Waals surface area contributed by atoms with Crippen LogP contribution in [0.15, 0.2) is 34.1 Å². The summed E-state index contributed by atoms with van der Waals surface area (Å²) in [5.41, 5.74) is 0.809.